The Morgan fingerprint density at radius 2 is 2.10 bits per heavy atom. The number of anilines is 1. The van der Waals surface area contributed by atoms with E-state index in [1.165, 1.54) is 25.3 Å². The van der Waals surface area contributed by atoms with Crippen molar-refractivity contribution >= 4 is 25.5 Å². The highest BCUT2D eigenvalue weighted by Gasteiger charge is 2.31. The van der Waals surface area contributed by atoms with Gasteiger partial charge >= 0.3 is 0 Å². The van der Waals surface area contributed by atoms with Crippen LogP contribution in [0.25, 0.3) is 0 Å². The van der Waals surface area contributed by atoms with Crippen LogP contribution >= 0.6 is 0 Å². The molecular formula is C11H16N2O5S2. The molecule has 7 nitrogen and oxygen atoms in total. The van der Waals surface area contributed by atoms with Gasteiger partial charge in [0, 0.05) is 12.1 Å². The SMILES string of the molecule is COc1cc(S(=O)(=O)NC2CCS(=O)(=O)C2)ccc1N. The van der Waals surface area contributed by atoms with E-state index in [1.807, 2.05) is 0 Å². The molecule has 1 saturated heterocycles. The number of sulfone groups is 1. The molecule has 1 unspecified atom stereocenters. The third-order valence-corrected chi connectivity index (χ3v) is 6.36. The number of sulfonamides is 1. The molecule has 1 aromatic rings. The number of nitrogens with two attached hydrogens (primary N) is 1. The van der Waals surface area contributed by atoms with Gasteiger partial charge in [0.2, 0.25) is 10.0 Å². The minimum atomic E-state index is -3.79. The Kier molecular flexibility index (Phi) is 3.94. The zero-order chi connectivity index (χ0) is 15.0. The minimum Gasteiger partial charge on any atom is -0.495 e. The van der Waals surface area contributed by atoms with Gasteiger partial charge in [-0.2, -0.15) is 0 Å². The van der Waals surface area contributed by atoms with Crippen LogP contribution in [-0.2, 0) is 19.9 Å². The van der Waals surface area contributed by atoms with E-state index in [0.717, 1.165) is 0 Å². The standard InChI is InChI=1S/C11H16N2O5S2/c1-18-11-6-9(2-3-10(11)12)20(16,17)13-8-4-5-19(14,15)7-8/h2-3,6,8,13H,4-5,7,12H2,1H3. The molecule has 0 saturated carbocycles. The maximum absolute atomic E-state index is 12.2. The van der Waals surface area contributed by atoms with Crippen molar-refractivity contribution in [2.75, 3.05) is 24.3 Å². The maximum Gasteiger partial charge on any atom is 0.240 e. The minimum absolute atomic E-state index is 0.00520. The second kappa shape index (κ2) is 5.23. The molecule has 3 N–H and O–H groups in total. The van der Waals surface area contributed by atoms with Gasteiger partial charge in [-0.1, -0.05) is 0 Å². The van der Waals surface area contributed by atoms with Gasteiger partial charge in [0.25, 0.3) is 0 Å². The Morgan fingerprint density at radius 3 is 2.65 bits per heavy atom. The number of nitrogens with one attached hydrogen (secondary N) is 1. The van der Waals surface area contributed by atoms with Gasteiger partial charge < -0.3 is 10.5 Å². The summed E-state index contributed by atoms with van der Waals surface area (Å²) in [6.45, 7) is 0. The van der Waals surface area contributed by atoms with Crippen LogP contribution in [0.1, 0.15) is 6.42 Å². The maximum atomic E-state index is 12.2. The molecule has 2 rings (SSSR count). The van der Waals surface area contributed by atoms with Crippen molar-refractivity contribution in [2.24, 2.45) is 0 Å². The highest BCUT2D eigenvalue weighted by atomic mass is 32.2. The molecule has 20 heavy (non-hydrogen) atoms. The van der Waals surface area contributed by atoms with E-state index in [2.05, 4.69) is 4.72 Å². The smallest absolute Gasteiger partial charge is 0.240 e. The molecule has 1 heterocycles. The number of rotatable bonds is 4. The molecule has 0 radical (unpaired) electrons. The van der Waals surface area contributed by atoms with Crippen LogP contribution in [0.3, 0.4) is 0 Å². The predicted molar refractivity (Wildman–Crippen MR) is 74.8 cm³/mol. The Hall–Kier alpha value is -1.32. The first-order valence-corrected chi connectivity index (χ1v) is 9.20. The largest absolute Gasteiger partial charge is 0.495 e. The van der Waals surface area contributed by atoms with Gasteiger partial charge in [-0.15, -0.1) is 0 Å². The molecule has 0 aromatic heterocycles. The summed E-state index contributed by atoms with van der Waals surface area (Å²) in [4.78, 5) is -0.00662. The molecule has 9 heteroatoms. The van der Waals surface area contributed by atoms with Crippen LogP contribution < -0.4 is 15.2 Å². The zero-order valence-electron chi connectivity index (χ0n) is 10.9. The first-order valence-electron chi connectivity index (χ1n) is 5.90. The monoisotopic (exact) mass is 320 g/mol. The Morgan fingerprint density at radius 1 is 1.40 bits per heavy atom. The second-order valence-corrected chi connectivity index (χ2v) is 8.57. The lowest BCUT2D eigenvalue weighted by molar-refractivity contribution is 0.415. The third-order valence-electron chi connectivity index (χ3n) is 3.07. The van der Waals surface area contributed by atoms with E-state index in [-0.39, 0.29) is 28.6 Å². The average Bonchev–Trinajstić information content (AvgIpc) is 2.68. The van der Waals surface area contributed by atoms with E-state index >= 15 is 0 Å². The topological polar surface area (TPSA) is 116 Å². The highest BCUT2D eigenvalue weighted by Crippen LogP contribution is 2.25. The summed E-state index contributed by atoms with van der Waals surface area (Å²) >= 11 is 0. The third kappa shape index (κ3) is 3.22. The van der Waals surface area contributed by atoms with Crippen LogP contribution in [0.4, 0.5) is 5.69 Å². The molecule has 0 bridgehead atoms. The number of hydrogen-bond donors (Lipinski definition) is 2. The van der Waals surface area contributed by atoms with Crippen molar-refractivity contribution in [1.82, 2.24) is 4.72 Å². The van der Waals surface area contributed by atoms with Gasteiger partial charge in [-0.25, -0.2) is 21.6 Å². The molecule has 0 spiro atoms. The Balaban J connectivity index is 2.23. The van der Waals surface area contributed by atoms with Crippen molar-refractivity contribution in [3.63, 3.8) is 0 Å². The van der Waals surface area contributed by atoms with Gasteiger partial charge in [0.1, 0.15) is 5.75 Å². The van der Waals surface area contributed by atoms with E-state index in [1.54, 1.807) is 0 Å². The van der Waals surface area contributed by atoms with Crippen molar-refractivity contribution in [3.8, 4) is 5.75 Å². The molecular weight excluding hydrogens is 304 g/mol. The first kappa shape index (κ1) is 15.1. The molecule has 1 aliphatic heterocycles. The van der Waals surface area contributed by atoms with Crippen LogP contribution in [0.2, 0.25) is 0 Å². The van der Waals surface area contributed by atoms with Crippen LogP contribution in [-0.4, -0.2) is 41.5 Å². The summed E-state index contributed by atoms with van der Waals surface area (Å²) in [5.41, 5.74) is 5.95. The summed E-state index contributed by atoms with van der Waals surface area (Å²) in [5.74, 6) is 0.0933. The lowest BCUT2D eigenvalue weighted by Crippen LogP contribution is -2.35. The van der Waals surface area contributed by atoms with Crippen LogP contribution in [0, 0.1) is 0 Å². The fraction of sp³-hybridized carbons (Fsp3) is 0.455. The van der Waals surface area contributed by atoms with Crippen LogP contribution in [0.15, 0.2) is 23.1 Å². The average molecular weight is 320 g/mol. The number of ether oxygens (including phenoxy) is 1. The van der Waals surface area contributed by atoms with E-state index in [9.17, 15) is 16.8 Å². The summed E-state index contributed by atoms with van der Waals surface area (Å²) in [7, 11) is -5.55. The summed E-state index contributed by atoms with van der Waals surface area (Å²) in [6.07, 6.45) is 0.285. The number of methoxy groups -OCH3 is 1. The quantitative estimate of drug-likeness (QED) is 0.739. The first-order chi connectivity index (χ1) is 9.23. The summed E-state index contributed by atoms with van der Waals surface area (Å²) in [6, 6.07) is 3.50. The van der Waals surface area contributed by atoms with E-state index in [0.29, 0.717) is 5.69 Å². The van der Waals surface area contributed by atoms with Crippen molar-refractivity contribution in [1.29, 1.82) is 0 Å². The number of hydrogen-bond acceptors (Lipinski definition) is 6. The van der Waals surface area contributed by atoms with Gasteiger partial charge in [0.15, 0.2) is 9.84 Å². The summed E-state index contributed by atoms with van der Waals surface area (Å²) < 4.78 is 54.4. The van der Waals surface area contributed by atoms with Crippen LogP contribution in [0.5, 0.6) is 5.75 Å². The molecule has 0 amide bonds. The zero-order valence-corrected chi connectivity index (χ0v) is 12.5. The summed E-state index contributed by atoms with van der Waals surface area (Å²) in [5, 5.41) is 0. The van der Waals surface area contributed by atoms with E-state index < -0.39 is 25.9 Å². The number of benzene rings is 1. The molecule has 1 atom stereocenters. The Bertz CT molecular complexity index is 712. The second-order valence-electron chi connectivity index (χ2n) is 4.63. The van der Waals surface area contributed by atoms with Gasteiger partial charge in [0.05, 0.1) is 29.2 Å². The molecule has 1 aliphatic rings. The number of nitrogen functional groups attached to an aromatic ring is 1. The molecule has 1 fully saturated rings. The normalized spacial score (nSPS) is 21.8. The van der Waals surface area contributed by atoms with E-state index in [4.69, 9.17) is 10.5 Å². The highest BCUT2D eigenvalue weighted by molar-refractivity contribution is 7.92. The molecule has 1 aromatic carbocycles. The lowest BCUT2D eigenvalue weighted by atomic mass is 10.3. The molecule has 112 valence electrons. The molecule has 0 aliphatic carbocycles. The Labute approximate surface area is 118 Å². The van der Waals surface area contributed by atoms with Gasteiger partial charge in [-0.05, 0) is 18.6 Å². The lowest BCUT2D eigenvalue weighted by Gasteiger charge is -2.13. The predicted octanol–water partition coefficient (Wildman–Crippen LogP) is -0.257. The fourth-order valence-electron chi connectivity index (χ4n) is 2.03. The fourth-order valence-corrected chi connectivity index (χ4v) is 5.10. The van der Waals surface area contributed by atoms with Crippen molar-refractivity contribution in [3.05, 3.63) is 18.2 Å². The van der Waals surface area contributed by atoms with Crippen molar-refractivity contribution < 1.29 is 21.6 Å². The van der Waals surface area contributed by atoms with Gasteiger partial charge in [-0.3, -0.25) is 0 Å². The van der Waals surface area contributed by atoms with Crippen molar-refractivity contribution in [2.45, 2.75) is 17.4 Å².